The third kappa shape index (κ3) is 3.83. The van der Waals surface area contributed by atoms with Gasteiger partial charge >= 0.3 is 0 Å². The van der Waals surface area contributed by atoms with Gasteiger partial charge in [0.05, 0.1) is 11.8 Å². The van der Waals surface area contributed by atoms with Crippen molar-refractivity contribution >= 4 is 18.1 Å². The zero-order chi connectivity index (χ0) is 12.3. The standard InChI is InChI=1S/C13H19FN2O.ClH/c1-11(17)10-15-6-8-16(9-7-15)13-5-3-2-4-12(13)14;/h2-5,11,17H,6-10H2,1H3;1H. The number of anilines is 1. The van der Waals surface area contributed by atoms with E-state index in [-0.39, 0.29) is 24.3 Å². The first-order valence-electron chi connectivity index (χ1n) is 6.06. The van der Waals surface area contributed by atoms with Crippen LogP contribution in [0.2, 0.25) is 0 Å². The quantitative estimate of drug-likeness (QED) is 0.910. The molecule has 0 aliphatic carbocycles. The van der Waals surface area contributed by atoms with Crippen LogP contribution >= 0.6 is 12.4 Å². The number of β-amino-alcohol motifs (C(OH)–C–C–N with tert-alkyl or cyclic N) is 1. The zero-order valence-corrected chi connectivity index (χ0v) is 11.4. The molecule has 1 aromatic carbocycles. The van der Waals surface area contributed by atoms with Gasteiger partial charge in [-0.3, -0.25) is 4.90 Å². The van der Waals surface area contributed by atoms with Crippen molar-refractivity contribution in [2.24, 2.45) is 0 Å². The SMILES string of the molecule is CC(O)CN1CCN(c2ccccc2F)CC1.Cl. The lowest BCUT2D eigenvalue weighted by Crippen LogP contribution is -2.48. The molecule has 0 amide bonds. The maximum atomic E-state index is 13.6. The molecule has 0 saturated carbocycles. The molecular weight excluding hydrogens is 255 g/mol. The summed E-state index contributed by atoms with van der Waals surface area (Å²) in [5.74, 6) is -0.156. The first kappa shape index (κ1) is 15.2. The number of nitrogens with zero attached hydrogens (tertiary/aromatic N) is 2. The average Bonchev–Trinajstić information content (AvgIpc) is 2.30. The van der Waals surface area contributed by atoms with Crippen LogP contribution in [-0.2, 0) is 0 Å². The highest BCUT2D eigenvalue weighted by Crippen LogP contribution is 2.19. The van der Waals surface area contributed by atoms with Gasteiger partial charge in [0, 0.05) is 32.7 Å². The van der Waals surface area contributed by atoms with Gasteiger partial charge in [-0.1, -0.05) is 12.1 Å². The molecule has 1 heterocycles. The van der Waals surface area contributed by atoms with Gasteiger partial charge in [-0.2, -0.15) is 0 Å². The van der Waals surface area contributed by atoms with Crippen LogP contribution < -0.4 is 4.90 Å². The summed E-state index contributed by atoms with van der Waals surface area (Å²) in [5, 5.41) is 9.32. The van der Waals surface area contributed by atoms with Crippen LogP contribution in [-0.4, -0.2) is 48.8 Å². The Morgan fingerprint density at radius 2 is 1.83 bits per heavy atom. The van der Waals surface area contributed by atoms with E-state index in [9.17, 15) is 9.50 Å². The summed E-state index contributed by atoms with van der Waals surface area (Å²) in [6.45, 7) is 5.87. The maximum absolute atomic E-state index is 13.6. The second-order valence-corrected chi connectivity index (χ2v) is 4.59. The van der Waals surface area contributed by atoms with E-state index in [1.807, 2.05) is 12.1 Å². The third-order valence-electron chi connectivity index (χ3n) is 3.09. The number of hydrogen-bond acceptors (Lipinski definition) is 3. The van der Waals surface area contributed by atoms with Crippen molar-refractivity contribution in [3.63, 3.8) is 0 Å². The van der Waals surface area contributed by atoms with Crippen molar-refractivity contribution in [1.82, 2.24) is 4.90 Å². The molecule has 0 aromatic heterocycles. The number of aliphatic hydroxyl groups excluding tert-OH is 1. The number of piperazine rings is 1. The summed E-state index contributed by atoms with van der Waals surface area (Å²) in [5.41, 5.74) is 0.684. The largest absolute Gasteiger partial charge is 0.392 e. The molecular formula is C13H20ClFN2O. The fourth-order valence-electron chi connectivity index (χ4n) is 2.25. The van der Waals surface area contributed by atoms with Gasteiger partial charge in [0.1, 0.15) is 5.82 Å². The molecule has 18 heavy (non-hydrogen) atoms. The number of hydrogen-bond donors (Lipinski definition) is 1. The predicted octanol–water partition coefficient (Wildman–Crippen LogP) is 1.75. The van der Waals surface area contributed by atoms with Crippen LogP contribution in [0.15, 0.2) is 24.3 Å². The number of rotatable bonds is 3. The summed E-state index contributed by atoms with van der Waals surface area (Å²) >= 11 is 0. The normalized spacial score (nSPS) is 18.3. The fourth-order valence-corrected chi connectivity index (χ4v) is 2.25. The first-order valence-corrected chi connectivity index (χ1v) is 6.06. The topological polar surface area (TPSA) is 26.7 Å². The fraction of sp³-hybridized carbons (Fsp3) is 0.538. The highest BCUT2D eigenvalue weighted by molar-refractivity contribution is 5.85. The second-order valence-electron chi connectivity index (χ2n) is 4.59. The Morgan fingerprint density at radius 3 is 2.39 bits per heavy atom. The Bertz CT molecular complexity index is 368. The minimum atomic E-state index is -0.296. The van der Waals surface area contributed by atoms with Crippen LogP contribution in [0.4, 0.5) is 10.1 Å². The molecule has 1 fully saturated rings. The highest BCUT2D eigenvalue weighted by Gasteiger charge is 2.19. The summed E-state index contributed by atoms with van der Waals surface area (Å²) in [6, 6.07) is 6.89. The maximum Gasteiger partial charge on any atom is 0.146 e. The predicted molar refractivity (Wildman–Crippen MR) is 74.0 cm³/mol. The molecule has 2 rings (SSSR count). The van der Waals surface area contributed by atoms with E-state index in [2.05, 4.69) is 9.80 Å². The molecule has 102 valence electrons. The lowest BCUT2D eigenvalue weighted by Gasteiger charge is -2.36. The van der Waals surface area contributed by atoms with Gasteiger partial charge < -0.3 is 10.0 Å². The summed E-state index contributed by atoms with van der Waals surface area (Å²) in [4.78, 5) is 4.27. The number of para-hydroxylation sites is 1. The lowest BCUT2D eigenvalue weighted by molar-refractivity contribution is 0.122. The minimum Gasteiger partial charge on any atom is -0.392 e. The van der Waals surface area contributed by atoms with Crippen molar-refractivity contribution in [2.75, 3.05) is 37.6 Å². The number of benzene rings is 1. The van der Waals surface area contributed by atoms with E-state index in [0.717, 1.165) is 26.2 Å². The molecule has 1 saturated heterocycles. The van der Waals surface area contributed by atoms with E-state index in [1.54, 1.807) is 13.0 Å². The average molecular weight is 275 g/mol. The molecule has 5 heteroatoms. The van der Waals surface area contributed by atoms with Crippen molar-refractivity contribution in [3.05, 3.63) is 30.1 Å². The smallest absolute Gasteiger partial charge is 0.146 e. The monoisotopic (exact) mass is 274 g/mol. The Labute approximate surface area is 114 Å². The van der Waals surface area contributed by atoms with Crippen molar-refractivity contribution < 1.29 is 9.50 Å². The Hall–Kier alpha value is -0.840. The third-order valence-corrected chi connectivity index (χ3v) is 3.09. The molecule has 1 atom stereocenters. The van der Waals surface area contributed by atoms with E-state index in [4.69, 9.17) is 0 Å². The van der Waals surface area contributed by atoms with Gasteiger partial charge in [0.25, 0.3) is 0 Å². The molecule has 1 aliphatic heterocycles. The molecule has 1 unspecified atom stereocenters. The van der Waals surface area contributed by atoms with Crippen LogP contribution in [0.1, 0.15) is 6.92 Å². The van der Waals surface area contributed by atoms with Crippen LogP contribution in [0.3, 0.4) is 0 Å². The van der Waals surface area contributed by atoms with Gasteiger partial charge in [0.15, 0.2) is 0 Å². The van der Waals surface area contributed by atoms with Gasteiger partial charge in [-0.05, 0) is 19.1 Å². The summed E-state index contributed by atoms with van der Waals surface area (Å²) < 4.78 is 13.6. The molecule has 3 nitrogen and oxygen atoms in total. The molecule has 1 N–H and O–H groups in total. The second kappa shape index (κ2) is 6.92. The van der Waals surface area contributed by atoms with E-state index < -0.39 is 0 Å². The summed E-state index contributed by atoms with van der Waals surface area (Å²) in [7, 11) is 0. The molecule has 0 spiro atoms. The van der Waals surface area contributed by atoms with Crippen molar-refractivity contribution in [1.29, 1.82) is 0 Å². The Morgan fingerprint density at radius 1 is 1.22 bits per heavy atom. The van der Waals surface area contributed by atoms with Crippen molar-refractivity contribution in [3.8, 4) is 0 Å². The number of aliphatic hydroxyl groups is 1. The highest BCUT2D eigenvalue weighted by atomic mass is 35.5. The van der Waals surface area contributed by atoms with Crippen LogP contribution in [0, 0.1) is 5.82 Å². The first-order chi connectivity index (χ1) is 8.16. The van der Waals surface area contributed by atoms with Gasteiger partial charge in [-0.15, -0.1) is 12.4 Å². The van der Waals surface area contributed by atoms with Gasteiger partial charge in [0.2, 0.25) is 0 Å². The molecule has 0 radical (unpaired) electrons. The lowest BCUT2D eigenvalue weighted by atomic mass is 10.2. The Kier molecular flexibility index (Phi) is 5.85. The molecule has 1 aliphatic rings. The minimum absolute atomic E-state index is 0. The summed E-state index contributed by atoms with van der Waals surface area (Å²) in [6.07, 6.45) is -0.296. The van der Waals surface area contributed by atoms with E-state index >= 15 is 0 Å². The Balaban J connectivity index is 0.00000162. The molecule has 1 aromatic rings. The zero-order valence-electron chi connectivity index (χ0n) is 10.6. The van der Waals surface area contributed by atoms with E-state index in [1.165, 1.54) is 6.07 Å². The van der Waals surface area contributed by atoms with Gasteiger partial charge in [-0.25, -0.2) is 4.39 Å². The molecule has 0 bridgehead atoms. The van der Waals surface area contributed by atoms with E-state index in [0.29, 0.717) is 12.2 Å². The van der Waals surface area contributed by atoms with Crippen molar-refractivity contribution in [2.45, 2.75) is 13.0 Å². The van der Waals surface area contributed by atoms with Crippen LogP contribution in [0.5, 0.6) is 0 Å². The number of halogens is 2. The van der Waals surface area contributed by atoms with Crippen LogP contribution in [0.25, 0.3) is 0 Å².